The number of carboxylic acids is 1. The Morgan fingerprint density at radius 2 is 2.05 bits per heavy atom. The van der Waals surface area contributed by atoms with Crippen molar-refractivity contribution in [2.45, 2.75) is 13.3 Å². The molecule has 1 aromatic heterocycles. The lowest BCUT2D eigenvalue weighted by atomic mass is 10.2. The molecule has 0 radical (unpaired) electrons. The predicted molar refractivity (Wildman–Crippen MR) is 70.5 cm³/mol. The quantitative estimate of drug-likeness (QED) is 0.685. The molecule has 0 aliphatic heterocycles. The summed E-state index contributed by atoms with van der Waals surface area (Å²) >= 11 is 1.08. The van der Waals surface area contributed by atoms with Crippen LogP contribution in [0.1, 0.15) is 22.3 Å². The number of nitro groups is 1. The summed E-state index contributed by atoms with van der Waals surface area (Å²) in [5, 5.41) is 20.2. The number of aromatic nitrogens is 1. The number of nitro benzene ring substituents is 1. The maximum Gasteiger partial charge on any atom is 0.347 e. The Morgan fingerprint density at radius 1 is 1.42 bits per heavy atom. The summed E-state index contributed by atoms with van der Waals surface area (Å²) in [5.41, 5.74) is 1.21. The Hall–Kier alpha value is -2.28. The van der Waals surface area contributed by atoms with Crippen LogP contribution >= 0.6 is 11.3 Å². The number of rotatable bonds is 4. The third-order valence-electron chi connectivity index (χ3n) is 2.55. The van der Waals surface area contributed by atoms with E-state index in [0.29, 0.717) is 22.7 Å². The molecule has 0 unspecified atom stereocenters. The van der Waals surface area contributed by atoms with E-state index in [9.17, 15) is 14.9 Å². The highest BCUT2D eigenvalue weighted by Crippen LogP contribution is 2.29. The first-order chi connectivity index (χ1) is 9.02. The van der Waals surface area contributed by atoms with Crippen molar-refractivity contribution in [1.29, 1.82) is 0 Å². The molecule has 1 N–H and O–H groups in total. The number of nitrogens with zero attached hydrogens (tertiary/aromatic N) is 2. The number of carboxylic acid groups (broad SMARTS) is 1. The SMILES string of the molecule is CCc1nc(-c2ccc([N+](=O)[O-])cc2)sc1C(=O)O. The fourth-order valence-corrected chi connectivity index (χ4v) is 2.61. The molecule has 0 amide bonds. The van der Waals surface area contributed by atoms with E-state index in [1.54, 1.807) is 12.1 Å². The number of benzene rings is 1. The molecule has 2 aromatic rings. The maximum absolute atomic E-state index is 11.0. The van der Waals surface area contributed by atoms with Gasteiger partial charge in [0.05, 0.1) is 10.6 Å². The van der Waals surface area contributed by atoms with Gasteiger partial charge in [-0.1, -0.05) is 6.92 Å². The van der Waals surface area contributed by atoms with Gasteiger partial charge in [0.2, 0.25) is 0 Å². The average Bonchev–Trinajstić information content (AvgIpc) is 2.83. The minimum absolute atomic E-state index is 0.00511. The van der Waals surface area contributed by atoms with Crippen LogP contribution in [0.25, 0.3) is 10.6 Å². The van der Waals surface area contributed by atoms with Crippen molar-refractivity contribution in [2.75, 3.05) is 0 Å². The van der Waals surface area contributed by atoms with Gasteiger partial charge in [0.15, 0.2) is 0 Å². The van der Waals surface area contributed by atoms with Crippen molar-refractivity contribution in [3.05, 3.63) is 45.0 Å². The van der Waals surface area contributed by atoms with E-state index in [2.05, 4.69) is 4.98 Å². The molecule has 7 heteroatoms. The van der Waals surface area contributed by atoms with E-state index < -0.39 is 10.9 Å². The van der Waals surface area contributed by atoms with Crippen LogP contribution < -0.4 is 0 Å². The van der Waals surface area contributed by atoms with Gasteiger partial charge >= 0.3 is 5.97 Å². The van der Waals surface area contributed by atoms with E-state index in [4.69, 9.17) is 5.11 Å². The zero-order chi connectivity index (χ0) is 14.0. The van der Waals surface area contributed by atoms with E-state index in [-0.39, 0.29) is 10.6 Å². The Balaban J connectivity index is 2.41. The van der Waals surface area contributed by atoms with Crippen LogP contribution in [0.5, 0.6) is 0 Å². The summed E-state index contributed by atoms with van der Waals surface area (Å²) in [5.74, 6) is -0.998. The Labute approximate surface area is 112 Å². The van der Waals surface area contributed by atoms with Crippen molar-refractivity contribution in [2.24, 2.45) is 0 Å². The Morgan fingerprint density at radius 3 is 2.47 bits per heavy atom. The van der Waals surface area contributed by atoms with Crippen molar-refractivity contribution >= 4 is 23.0 Å². The fraction of sp³-hybridized carbons (Fsp3) is 0.167. The van der Waals surface area contributed by atoms with Crippen molar-refractivity contribution in [1.82, 2.24) is 4.98 Å². The maximum atomic E-state index is 11.0. The lowest BCUT2D eigenvalue weighted by Crippen LogP contribution is -1.97. The molecule has 6 nitrogen and oxygen atoms in total. The zero-order valence-electron chi connectivity index (χ0n) is 9.99. The number of hydrogen-bond acceptors (Lipinski definition) is 5. The molecule has 2 rings (SSSR count). The molecule has 0 bridgehead atoms. The molecule has 19 heavy (non-hydrogen) atoms. The summed E-state index contributed by atoms with van der Waals surface area (Å²) in [7, 11) is 0. The van der Waals surface area contributed by atoms with Crippen LogP contribution in [-0.4, -0.2) is 21.0 Å². The van der Waals surface area contributed by atoms with Gasteiger partial charge in [-0.15, -0.1) is 11.3 Å². The van der Waals surface area contributed by atoms with Gasteiger partial charge in [-0.3, -0.25) is 10.1 Å². The summed E-state index contributed by atoms with van der Waals surface area (Å²) < 4.78 is 0. The molecule has 0 aliphatic rings. The van der Waals surface area contributed by atoms with E-state index in [1.165, 1.54) is 12.1 Å². The second-order valence-corrected chi connectivity index (χ2v) is 4.76. The highest BCUT2D eigenvalue weighted by Gasteiger charge is 2.17. The van der Waals surface area contributed by atoms with Gasteiger partial charge in [0.25, 0.3) is 5.69 Å². The molecule has 1 heterocycles. The minimum atomic E-state index is -0.998. The van der Waals surface area contributed by atoms with Crippen molar-refractivity contribution in [3.8, 4) is 10.6 Å². The summed E-state index contributed by atoms with van der Waals surface area (Å²) in [6.45, 7) is 1.83. The highest BCUT2D eigenvalue weighted by atomic mass is 32.1. The van der Waals surface area contributed by atoms with Gasteiger partial charge in [-0.2, -0.15) is 0 Å². The molecule has 0 saturated heterocycles. The lowest BCUT2D eigenvalue weighted by molar-refractivity contribution is -0.384. The molecule has 0 saturated carbocycles. The third-order valence-corrected chi connectivity index (χ3v) is 3.69. The number of carbonyl (C=O) groups is 1. The van der Waals surface area contributed by atoms with E-state index in [0.717, 1.165) is 11.3 Å². The molecule has 98 valence electrons. The van der Waals surface area contributed by atoms with Gasteiger partial charge in [-0.05, 0) is 18.6 Å². The average molecular weight is 278 g/mol. The topological polar surface area (TPSA) is 93.3 Å². The second kappa shape index (κ2) is 5.15. The molecule has 0 atom stereocenters. The van der Waals surface area contributed by atoms with Gasteiger partial charge in [0.1, 0.15) is 9.88 Å². The van der Waals surface area contributed by atoms with Crippen LogP contribution in [0.15, 0.2) is 24.3 Å². The highest BCUT2D eigenvalue weighted by molar-refractivity contribution is 7.17. The van der Waals surface area contributed by atoms with Gasteiger partial charge in [0, 0.05) is 17.7 Å². The Kier molecular flexibility index (Phi) is 3.57. The normalized spacial score (nSPS) is 10.4. The monoisotopic (exact) mass is 278 g/mol. The first kappa shape index (κ1) is 13.2. The number of thiazole rings is 1. The zero-order valence-corrected chi connectivity index (χ0v) is 10.8. The van der Waals surface area contributed by atoms with Crippen molar-refractivity contribution < 1.29 is 14.8 Å². The fourth-order valence-electron chi connectivity index (χ4n) is 1.61. The van der Waals surface area contributed by atoms with Crippen LogP contribution in [0.3, 0.4) is 0 Å². The first-order valence-electron chi connectivity index (χ1n) is 5.50. The van der Waals surface area contributed by atoms with E-state index in [1.807, 2.05) is 6.92 Å². The molecule has 0 fully saturated rings. The molecule has 0 spiro atoms. The summed E-state index contributed by atoms with van der Waals surface area (Å²) in [4.78, 5) is 25.6. The van der Waals surface area contributed by atoms with E-state index >= 15 is 0 Å². The lowest BCUT2D eigenvalue weighted by Gasteiger charge is -1.95. The van der Waals surface area contributed by atoms with Crippen LogP contribution in [0.2, 0.25) is 0 Å². The second-order valence-electron chi connectivity index (χ2n) is 3.76. The summed E-state index contributed by atoms with van der Waals surface area (Å²) in [6.07, 6.45) is 0.533. The Bertz CT molecular complexity index is 634. The first-order valence-corrected chi connectivity index (χ1v) is 6.32. The number of non-ortho nitro benzene ring substituents is 1. The van der Waals surface area contributed by atoms with Crippen LogP contribution in [0.4, 0.5) is 5.69 Å². The third kappa shape index (κ3) is 2.60. The number of aryl methyl sites for hydroxylation is 1. The molecule has 1 aromatic carbocycles. The number of aromatic carboxylic acids is 1. The molecular formula is C12H10N2O4S. The largest absolute Gasteiger partial charge is 0.477 e. The smallest absolute Gasteiger partial charge is 0.347 e. The number of hydrogen-bond donors (Lipinski definition) is 1. The van der Waals surface area contributed by atoms with Gasteiger partial charge < -0.3 is 5.11 Å². The van der Waals surface area contributed by atoms with Crippen LogP contribution in [0, 0.1) is 10.1 Å². The summed E-state index contributed by atoms with van der Waals surface area (Å²) in [6, 6.07) is 5.90. The minimum Gasteiger partial charge on any atom is -0.477 e. The predicted octanol–water partition coefficient (Wildman–Crippen LogP) is 2.98. The van der Waals surface area contributed by atoms with Crippen molar-refractivity contribution in [3.63, 3.8) is 0 Å². The van der Waals surface area contributed by atoms with Crippen LogP contribution in [-0.2, 0) is 6.42 Å². The van der Waals surface area contributed by atoms with Gasteiger partial charge in [-0.25, -0.2) is 9.78 Å². The standard InChI is InChI=1S/C12H10N2O4S/c1-2-9-10(12(15)16)19-11(13-9)7-3-5-8(6-4-7)14(17)18/h3-6H,2H2,1H3,(H,15,16). The molecular weight excluding hydrogens is 268 g/mol. The molecule has 0 aliphatic carbocycles.